The van der Waals surface area contributed by atoms with Crippen LogP contribution in [-0.4, -0.2) is 18.3 Å². The lowest BCUT2D eigenvalue weighted by atomic mass is 9.86. The Balaban J connectivity index is 2.06. The van der Waals surface area contributed by atoms with Crippen molar-refractivity contribution in [3.63, 3.8) is 0 Å². The Morgan fingerprint density at radius 1 is 0.931 bits per heavy atom. The molecule has 9 heteroatoms. The lowest BCUT2D eigenvalue weighted by Crippen LogP contribution is -2.25. The number of nitrogens with one attached hydrogen (secondary N) is 1. The van der Waals surface area contributed by atoms with Crippen molar-refractivity contribution in [2.75, 3.05) is 4.83 Å². The SMILES string of the molecule is CC(C)(C)c1ccc(-c2cc(C(F)(F)F)nn2NS(=O)(=O)c2ccccc2)cc1. The van der Waals surface area contributed by atoms with Crippen molar-refractivity contribution in [3.05, 3.63) is 71.9 Å². The number of benzene rings is 2. The summed E-state index contributed by atoms with van der Waals surface area (Å²) < 4.78 is 64.8. The standard InChI is InChI=1S/C20H20F3N3O2S/c1-19(2,3)15-11-9-14(10-12-15)17-13-18(20(21,22)23)24-26(17)25-29(27,28)16-7-5-4-6-8-16/h4-13,25H,1-3H3. The van der Waals surface area contributed by atoms with Gasteiger partial charge in [-0.05, 0) is 29.2 Å². The molecule has 3 rings (SSSR count). The van der Waals surface area contributed by atoms with Crippen LogP contribution in [0.1, 0.15) is 32.0 Å². The van der Waals surface area contributed by atoms with E-state index >= 15 is 0 Å². The zero-order valence-electron chi connectivity index (χ0n) is 16.0. The molecule has 0 spiro atoms. The molecule has 0 amide bonds. The first kappa shape index (κ1) is 20.9. The van der Waals surface area contributed by atoms with E-state index < -0.39 is 21.9 Å². The van der Waals surface area contributed by atoms with Crippen LogP contribution >= 0.6 is 0 Å². The van der Waals surface area contributed by atoms with Gasteiger partial charge in [0.1, 0.15) is 0 Å². The van der Waals surface area contributed by atoms with E-state index in [0.29, 0.717) is 10.4 Å². The van der Waals surface area contributed by atoms with Crippen molar-refractivity contribution in [2.24, 2.45) is 0 Å². The van der Waals surface area contributed by atoms with Crippen molar-refractivity contribution in [1.29, 1.82) is 0 Å². The van der Waals surface area contributed by atoms with Gasteiger partial charge in [0, 0.05) is 5.56 Å². The second-order valence-corrected chi connectivity index (χ2v) is 9.22. The molecule has 2 aromatic carbocycles. The number of rotatable bonds is 4. The molecule has 0 aliphatic carbocycles. The van der Waals surface area contributed by atoms with Gasteiger partial charge in [-0.3, -0.25) is 0 Å². The molecular formula is C20H20F3N3O2S. The second kappa shape index (κ2) is 7.22. The summed E-state index contributed by atoms with van der Waals surface area (Å²) in [7, 11) is -4.12. The molecule has 0 bridgehead atoms. The Labute approximate surface area is 167 Å². The fourth-order valence-electron chi connectivity index (χ4n) is 2.70. The maximum absolute atomic E-state index is 13.2. The summed E-state index contributed by atoms with van der Waals surface area (Å²) in [5, 5.41) is 3.44. The molecule has 0 aliphatic rings. The molecule has 5 nitrogen and oxygen atoms in total. The van der Waals surface area contributed by atoms with Gasteiger partial charge in [0.15, 0.2) is 5.69 Å². The van der Waals surface area contributed by atoms with E-state index in [9.17, 15) is 21.6 Å². The van der Waals surface area contributed by atoms with E-state index in [4.69, 9.17) is 0 Å². The first-order valence-corrected chi connectivity index (χ1v) is 10.2. The van der Waals surface area contributed by atoms with Gasteiger partial charge >= 0.3 is 6.18 Å². The van der Waals surface area contributed by atoms with Crippen LogP contribution < -0.4 is 4.83 Å². The van der Waals surface area contributed by atoms with Crippen LogP contribution in [0.25, 0.3) is 11.3 Å². The summed E-state index contributed by atoms with van der Waals surface area (Å²) in [4.78, 5) is 2.68. The Bertz CT molecular complexity index is 1100. The minimum atomic E-state index is -4.72. The van der Waals surface area contributed by atoms with Gasteiger partial charge in [0.2, 0.25) is 0 Å². The number of hydrogen-bond acceptors (Lipinski definition) is 3. The van der Waals surface area contributed by atoms with Gasteiger partial charge in [-0.25, -0.2) is 0 Å². The third kappa shape index (κ3) is 4.61. The van der Waals surface area contributed by atoms with Crippen molar-refractivity contribution in [1.82, 2.24) is 9.89 Å². The zero-order chi connectivity index (χ0) is 21.4. The molecule has 29 heavy (non-hydrogen) atoms. The summed E-state index contributed by atoms with van der Waals surface area (Å²) >= 11 is 0. The maximum Gasteiger partial charge on any atom is 0.435 e. The molecule has 1 heterocycles. The number of alkyl halides is 3. The number of nitrogens with zero attached hydrogens (tertiary/aromatic N) is 2. The third-order valence-electron chi connectivity index (χ3n) is 4.31. The highest BCUT2D eigenvalue weighted by Crippen LogP contribution is 2.32. The van der Waals surface area contributed by atoms with Crippen molar-refractivity contribution < 1.29 is 21.6 Å². The average molecular weight is 423 g/mol. The second-order valence-electron chi connectivity index (χ2n) is 7.56. The molecule has 3 aromatic rings. The highest BCUT2D eigenvalue weighted by molar-refractivity contribution is 7.92. The molecule has 0 aliphatic heterocycles. The molecular weight excluding hydrogens is 403 g/mol. The fourth-order valence-corrected chi connectivity index (χ4v) is 3.69. The van der Waals surface area contributed by atoms with Crippen LogP contribution in [0.15, 0.2) is 65.6 Å². The molecule has 0 unspecified atom stereocenters. The monoisotopic (exact) mass is 423 g/mol. The molecule has 154 valence electrons. The lowest BCUT2D eigenvalue weighted by Gasteiger charge is -2.19. The van der Waals surface area contributed by atoms with Crippen molar-refractivity contribution >= 4 is 10.0 Å². The predicted molar refractivity (Wildman–Crippen MR) is 104 cm³/mol. The molecule has 0 radical (unpaired) electrons. The van der Waals surface area contributed by atoms with E-state index in [1.165, 1.54) is 24.3 Å². The smallest absolute Gasteiger partial charge is 0.200 e. The summed E-state index contributed by atoms with van der Waals surface area (Å²) in [6.07, 6.45) is -4.72. The Morgan fingerprint density at radius 2 is 1.52 bits per heavy atom. The summed E-state index contributed by atoms with van der Waals surface area (Å²) in [6.45, 7) is 6.05. The highest BCUT2D eigenvalue weighted by Gasteiger charge is 2.35. The van der Waals surface area contributed by atoms with Crippen LogP contribution in [0.3, 0.4) is 0 Å². The van der Waals surface area contributed by atoms with Crippen LogP contribution in [0.5, 0.6) is 0 Å². The number of aromatic nitrogens is 2. The van der Waals surface area contributed by atoms with Crippen molar-refractivity contribution in [2.45, 2.75) is 37.3 Å². The lowest BCUT2D eigenvalue weighted by molar-refractivity contribution is -0.141. The fraction of sp³-hybridized carbons (Fsp3) is 0.250. The Kier molecular flexibility index (Phi) is 5.20. The number of hydrogen-bond donors (Lipinski definition) is 1. The molecule has 0 saturated heterocycles. The molecule has 0 fully saturated rings. The summed E-state index contributed by atoms with van der Waals surface area (Å²) in [5.74, 6) is 0. The number of sulfonamides is 1. The minimum Gasteiger partial charge on any atom is -0.200 e. The largest absolute Gasteiger partial charge is 0.435 e. The van der Waals surface area contributed by atoms with E-state index in [0.717, 1.165) is 11.6 Å². The first-order valence-electron chi connectivity index (χ1n) is 8.74. The average Bonchev–Trinajstić information content (AvgIpc) is 3.05. The topological polar surface area (TPSA) is 64.0 Å². The normalized spacial score (nSPS) is 12.8. The highest BCUT2D eigenvalue weighted by atomic mass is 32.2. The third-order valence-corrected chi connectivity index (χ3v) is 5.61. The van der Waals surface area contributed by atoms with Gasteiger partial charge in [-0.15, -0.1) is 5.10 Å². The van der Waals surface area contributed by atoms with E-state index in [2.05, 4.69) is 9.93 Å². The van der Waals surface area contributed by atoms with Crippen LogP contribution in [-0.2, 0) is 21.6 Å². The van der Waals surface area contributed by atoms with Gasteiger partial charge in [-0.1, -0.05) is 63.2 Å². The van der Waals surface area contributed by atoms with Crippen molar-refractivity contribution in [3.8, 4) is 11.3 Å². The quantitative estimate of drug-likeness (QED) is 0.656. The van der Waals surface area contributed by atoms with Crippen LogP contribution in [0.4, 0.5) is 13.2 Å². The first-order chi connectivity index (χ1) is 13.4. The van der Waals surface area contributed by atoms with Gasteiger partial charge in [0.25, 0.3) is 10.0 Å². The van der Waals surface area contributed by atoms with Crippen LogP contribution in [0.2, 0.25) is 0 Å². The van der Waals surface area contributed by atoms with E-state index in [1.807, 2.05) is 20.8 Å². The van der Waals surface area contributed by atoms with Gasteiger partial charge in [-0.2, -0.15) is 31.2 Å². The maximum atomic E-state index is 13.2. The predicted octanol–water partition coefficient (Wildman–Crippen LogP) is 4.80. The molecule has 0 saturated carbocycles. The van der Waals surface area contributed by atoms with E-state index in [1.54, 1.807) is 30.3 Å². The van der Waals surface area contributed by atoms with Gasteiger partial charge in [0.05, 0.1) is 10.6 Å². The number of halogens is 3. The molecule has 1 N–H and O–H groups in total. The Hall–Kier alpha value is -2.81. The van der Waals surface area contributed by atoms with Gasteiger partial charge < -0.3 is 0 Å². The molecule has 0 atom stereocenters. The minimum absolute atomic E-state index is 0.0164. The van der Waals surface area contributed by atoms with Crippen LogP contribution in [0, 0.1) is 0 Å². The van der Waals surface area contributed by atoms with E-state index in [-0.39, 0.29) is 16.0 Å². The zero-order valence-corrected chi connectivity index (χ0v) is 16.8. The summed E-state index contributed by atoms with van der Waals surface area (Å²) in [5.41, 5.74) is 0.0515. The Morgan fingerprint density at radius 3 is 2.03 bits per heavy atom. The molecule has 1 aromatic heterocycles. The summed E-state index contributed by atoms with van der Waals surface area (Å²) in [6, 6.07) is 15.1.